The van der Waals surface area contributed by atoms with Crippen molar-refractivity contribution >= 4 is 0 Å². The molecule has 0 aromatic heterocycles. The third-order valence-corrected chi connectivity index (χ3v) is 4.38. The number of benzene rings is 1. The molecule has 0 fully saturated rings. The molecule has 1 heterocycles. The Morgan fingerprint density at radius 2 is 2.00 bits per heavy atom. The van der Waals surface area contributed by atoms with Crippen LogP contribution in [0.1, 0.15) is 76.5 Å². The van der Waals surface area contributed by atoms with Crippen molar-refractivity contribution in [1.29, 1.82) is 0 Å². The van der Waals surface area contributed by atoms with Gasteiger partial charge in [0.25, 0.3) is 0 Å². The second-order valence-electron chi connectivity index (χ2n) is 5.95. The molecule has 3 unspecified atom stereocenters. The number of fused-ring (bicyclic) bond motifs is 1. The fraction of sp³-hybridized carbons (Fsp3) is 0.667. The molecule has 1 aromatic carbocycles. The van der Waals surface area contributed by atoms with Gasteiger partial charge in [-0.25, -0.2) is 0 Å². The summed E-state index contributed by atoms with van der Waals surface area (Å²) in [5.74, 6) is 1.73. The molecule has 1 N–H and O–H groups in total. The molecular formula is C18H29NO. The molecular weight excluding hydrogens is 246 g/mol. The van der Waals surface area contributed by atoms with Gasteiger partial charge in [0.05, 0.1) is 6.04 Å². The summed E-state index contributed by atoms with van der Waals surface area (Å²) in [6.07, 6.45) is 4.91. The SMILES string of the molecule is CCCNC1c2cccc(C(C)CC)c2OC1CCC. The van der Waals surface area contributed by atoms with Gasteiger partial charge in [-0.15, -0.1) is 0 Å². The van der Waals surface area contributed by atoms with Crippen molar-refractivity contribution in [2.24, 2.45) is 0 Å². The van der Waals surface area contributed by atoms with E-state index in [2.05, 4.69) is 51.2 Å². The first-order chi connectivity index (χ1) is 9.72. The van der Waals surface area contributed by atoms with Crippen LogP contribution in [0.3, 0.4) is 0 Å². The molecule has 0 amide bonds. The maximum Gasteiger partial charge on any atom is 0.128 e. The Labute approximate surface area is 123 Å². The molecule has 1 aliphatic heterocycles. The maximum atomic E-state index is 6.35. The number of para-hydroxylation sites is 1. The molecule has 0 saturated carbocycles. The van der Waals surface area contributed by atoms with E-state index in [1.165, 1.54) is 17.5 Å². The molecule has 2 rings (SSSR count). The molecule has 1 aliphatic rings. The lowest BCUT2D eigenvalue weighted by molar-refractivity contribution is 0.176. The quantitative estimate of drug-likeness (QED) is 0.771. The second-order valence-corrected chi connectivity index (χ2v) is 5.95. The number of hydrogen-bond acceptors (Lipinski definition) is 2. The first-order valence-corrected chi connectivity index (χ1v) is 8.25. The minimum absolute atomic E-state index is 0.298. The third kappa shape index (κ3) is 3.01. The van der Waals surface area contributed by atoms with Gasteiger partial charge in [-0.2, -0.15) is 0 Å². The van der Waals surface area contributed by atoms with Crippen LogP contribution in [0.4, 0.5) is 0 Å². The fourth-order valence-electron chi connectivity index (χ4n) is 3.03. The Morgan fingerprint density at radius 1 is 1.20 bits per heavy atom. The van der Waals surface area contributed by atoms with E-state index < -0.39 is 0 Å². The smallest absolute Gasteiger partial charge is 0.128 e. The van der Waals surface area contributed by atoms with Crippen LogP contribution in [0, 0.1) is 0 Å². The average Bonchev–Trinajstić information content (AvgIpc) is 2.82. The van der Waals surface area contributed by atoms with Gasteiger partial charge in [0.15, 0.2) is 0 Å². The van der Waals surface area contributed by atoms with Crippen molar-refractivity contribution in [1.82, 2.24) is 5.32 Å². The van der Waals surface area contributed by atoms with Crippen LogP contribution in [-0.4, -0.2) is 12.6 Å². The zero-order valence-corrected chi connectivity index (χ0v) is 13.4. The van der Waals surface area contributed by atoms with Gasteiger partial charge in [-0.3, -0.25) is 0 Å². The molecule has 2 nitrogen and oxygen atoms in total. The lowest BCUT2D eigenvalue weighted by Gasteiger charge is -2.19. The summed E-state index contributed by atoms with van der Waals surface area (Å²) in [7, 11) is 0. The molecule has 0 saturated heterocycles. The van der Waals surface area contributed by atoms with Gasteiger partial charge in [-0.1, -0.05) is 52.3 Å². The highest BCUT2D eigenvalue weighted by atomic mass is 16.5. The lowest BCUT2D eigenvalue weighted by atomic mass is 9.93. The highest BCUT2D eigenvalue weighted by Gasteiger charge is 2.35. The number of hydrogen-bond donors (Lipinski definition) is 1. The summed E-state index contributed by atoms with van der Waals surface area (Å²) < 4.78 is 6.35. The van der Waals surface area contributed by atoms with Crippen molar-refractivity contribution < 1.29 is 4.74 Å². The fourth-order valence-corrected chi connectivity index (χ4v) is 3.03. The Balaban J connectivity index is 2.30. The van der Waals surface area contributed by atoms with Crippen molar-refractivity contribution in [2.75, 3.05) is 6.54 Å². The first kappa shape index (κ1) is 15.4. The van der Waals surface area contributed by atoms with Gasteiger partial charge in [-0.05, 0) is 37.3 Å². The maximum absolute atomic E-state index is 6.35. The Morgan fingerprint density at radius 3 is 2.65 bits per heavy atom. The summed E-state index contributed by atoms with van der Waals surface area (Å²) in [4.78, 5) is 0. The van der Waals surface area contributed by atoms with E-state index >= 15 is 0 Å². The van der Waals surface area contributed by atoms with Crippen LogP contribution in [-0.2, 0) is 0 Å². The average molecular weight is 275 g/mol. The summed E-state index contributed by atoms with van der Waals surface area (Å²) >= 11 is 0. The molecule has 20 heavy (non-hydrogen) atoms. The third-order valence-electron chi connectivity index (χ3n) is 4.38. The number of rotatable bonds is 7. The van der Waals surface area contributed by atoms with Crippen LogP contribution in [0.5, 0.6) is 5.75 Å². The summed E-state index contributed by atoms with van der Waals surface area (Å²) in [5.41, 5.74) is 2.75. The van der Waals surface area contributed by atoms with E-state index in [0.29, 0.717) is 18.1 Å². The normalized spacial score (nSPS) is 22.4. The molecule has 0 spiro atoms. The monoisotopic (exact) mass is 275 g/mol. The summed E-state index contributed by atoms with van der Waals surface area (Å²) in [6, 6.07) is 7.04. The minimum atomic E-state index is 0.298. The first-order valence-electron chi connectivity index (χ1n) is 8.25. The standard InChI is InChI=1S/C18H29NO/c1-5-9-16-17(19-12-6-2)15-11-8-10-14(13(4)7-3)18(15)20-16/h8,10-11,13,16-17,19H,5-7,9,12H2,1-4H3. The van der Waals surface area contributed by atoms with Crippen LogP contribution in [0.25, 0.3) is 0 Å². The number of nitrogens with one attached hydrogen (secondary N) is 1. The van der Waals surface area contributed by atoms with Crippen molar-refractivity contribution in [3.05, 3.63) is 29.3 Å². The van der Waals surface area contributed by atoms with Crippen LogP contribution >= 0.6 is 0 Å². The highest BCUT2D eigenvalue weighted by molar-refractivity contribution is 5.48. The number of ether oxygens (including phenoxy) is 1. The van der Waals surface area contributed by atoms with Gasteiger partial charge in [0.1, 0.15) is 11.9 Å². The zero-order valence-electron chi connectivity index (χ0n) is 13.4. The molecule has 112 valence electrons. The van der Waals surface area contributed by atoms with Crippen molar-refractivity contribution in [3.63, 3.8) is 0 Å². The van der Waals surface area contributed by atoms with E-state index in [-0.39, 0.29) is 0 Å². The van der Waals surface area contributed by atoms with Gasteiger partial charge < -0.3 is 10.1 Å². The highest BCUT2D eigenvalue weighted by Crippen LogP contribution is 2.43. The zero-order chi connectivity index (χ0) is 14.5. The second kappa shape index (κ2) is 7.12. The summed E-state index contributed by atoms with van der Waals surface area (Å²) in [6.45, 7) is 10.0. The molecule has 0 radical (unpaired) electrons. The van der Waals surface area contributed by atoms with Gasteiger partial charge in [0.2, 0.25) is 0 Å². The van der Waals surface area contributed by atoms with E-state index in [1.807, 2.05) is 0 Å². The van der Waals surface area contributed by atoms with Gasteiger partial charge in [0, 0.05) is 5.56 Å². The topological polar surface area (TPSA) is 21.3 Å². The molecule has 3 atom stereocenters. The lowest BCUT2D eigenvalue weighted by Crippen LogP contribution is -2.31. The largest absolute Gasteiger partial charge is 0.488 e. The molecule has 2 heteroatoms. The van der Waals surface area contributed by atoms with Crippen LogP contribution < -0.4 is 10.1 Å². The Bertz CT molecular complexity index is 429. The van der Waals surface area contributed by atoms with E-state index in [1.54, 1.807) is 0 Å². The predicted molar refractivity (Wildman–Crippen MR) is 85.5 cm³/mol. The summed E-state index contributed by atoms with van der Waals surface area (Å²) in [5, 5.41) is 3.68. The van der Waals surface area contributed by atoms with E-state index in [0.717, 1.165) is 31.6 Å². The van der Waals surface area contributed by atoms with Crippen LogP contribution in [0.2, 0.25) is 0 Å². The predicted octanol–water partition coefficient (Wildman–Crippen LogP) is 4.80. The minimum Gasteiger partial charge on any atom is -0.488 e. The molecule has 0 bridgehead atoms. The van der Waals surface area contributed by atoms with E-state index in [9.17, 15) is 0 Å². The molecule has 1 aromatic rings. The Hall–Kier alpha value is -1.02. The van der Waals surface area contributed by atoms with E-state index in [4.69, 9.17) is 4.74 Å². The Kier molecular flexibility index (Phi) is 5.47. The van der Waals surface area contributed by atoms with Gasteiger partial charge >= 0.3 is 0 Å². The molecule has 0 aliphatic carbocycles. The van der Waals surface area contributed by atoms with Crippen molar-refractivity contribution in [2.45, 2.75) is 71.4 Å². The van der Waals surface area contributed by atoms with Crippen molar-refractivity contribution in [3.8, 4) is 5.75 Å². The van der Waals surface area contributed by atoms with Crippen LogP contribution in [0.15, 0.2) is 18.2 Å².